The third-order valence-corrected chi connectivity index (χ3v) is 4.28. The van der Waals surface area contributed by atoms with Gasteiger partial charge in [-0.05, 0) is 58.0 Å². The first-order valence-electron chi connectivity index (χ1n) is 7.31. The molecule has 2 heteroatoms. The topological polar surface area (TPSA) is 24.1 Å². The molecule has 2 aliphatic rings. The summed E-state index contributed by atoms with van der Waals surface area (Å²) in [5.41, 5.74) is 0. The zero-order chi connectivity index (χ0) is 11.2. The summed E-state index contributed by atoms with van der Waals surface area (Å²) in [4.78, 5) is 0. The van der Waals surface area contributed by atoms with Gasteiger partial charge in [-0.1, -0.05) is 19.3 Å². The lowest BCUT2D eigenvalue weighted by Gasteiger charge is -2.27. The van der Waals surface area contributed by atoms with E-state index in [9.17, 15) is 0 Å². The third kappa shape index (κ3) is 4.06. The molecule has 2 unspecified atom stereocenters. The van der Waals surface area contributed by atoms with Crippen LogP contribution in [0.3, 0.4) is 0 Å². The molecule has 0 spiro atoms. The van der Waals surface area contributed by atoms with Crippen LogP contribution in [0.15, 0.2) is 0 Å². The highest BCUT2D eigenvalue weighted by atomic mass is 15.0. The Balaban J connectivity index is 1.57. The summed E-state index contributed by atoms with van der Waals surface area (Å²) in [6, 6.07) is 1.47. The van der Waals surface area contributed by atoms with Crippen LogP contribution < -0.4 is 10.6 Å². The Kier molecular flexibility index (Phi) is 5.11. The summed E-state index contributed by atoms with van der Waals surface area (Å²) >= 11 is 0. The molecular weight excluding hydrogens is 196 g/mol. The van der Waals surface area contributed by atoms with Gasteiger partial charge in [-0.2, -0.15) is 0 Å². The first-order chi connectivity index (χ1) is 7.84. The van der Waals surface area contributed by atoms with Crippen LogP contribution in [0, 0.1) is 5.92 Å². The van der Waals surface area contributed by atoms with Gasteiger partial charge in [0.05, 0.1) is 0 Å². The van der Waals surface area contributed by atoms with Crippen molar-refractivity contribution in [3.63, 3.8) is 0 Å². The highest BCUT2D eigenvalue weighted by Crippen LogP contribution is 2.24. The fraction of sp³-hybridized carbons (Fsp3) is 1.00. The van der Waals surface area contributed by atoms with E-state index in [1.165, 1.54) is 64.5 Å². The van der Waals surface area contributed by atoms with Gasteiger partial charge in [0.25, 0.3) is 0 Å². The van der Waals surface area contributed by atoms with E-state index in [-0.39, 0.29) is 0 Å². The van der Waals surface area contributed by atoms with E-state index in [1.54, 1.807) is 0 Å². The number of hydrogen-bond donors (Lipinski definition) is 2. The molecule has 0 amide bonds. The standard InChI is InChI=1S/C14H28N2/c1-12(10-14-8-4-5-9-15-14)16-11-13-6-2-3-7-13/h12-16H,2-11H2,1H3. The first kappa shape index (κ1) is 12.4. The summed E-state index contributed by atoms with van der Waals surface area (Å²) in [6.07, 6.45) is 11.3. The maximum absolute atomic E-state index is 3.73. The number of hydrogen-bond acceptors (Lipinski definition) is 2. The Labute approximate surface area is 101 Å². The first-order valence-corrected chi connectivity index (χ1v) is 7.31. The molecule has 0 bridgehead atoms. The second-order valence-electron chi connectivity index (χ2n) is 5.84. The lowest BCUT2D eigenvalue weighted by Crippen LogP contribution is -2.40. The van der Waals surface area contributed by atoms with Crippen LogP contribution in [-0.2, 0) is 0 Å². The van der Waals surface area contributed by atoms with Crippen LogP contribution in [0.2, 0.25) is 0 Å². The summed E-state index contributed by atoms with van der Waals surface area (Å²) < 4.78 is 0. The Bertz CT molecular complexity index is 181. The van der Waals surface area contributed by atoms with Crippen molar-refractivity contribution in [1.29, 1.82) is 0 Å². The predicted octanol–water partition coefficient (Wildman–Crippen LogP) is 2.69. The highest BCUT2D eigenvalue weighted by Gasteiger charge is 2.18. The number of rotatable bonds is 5. The van der Waals surface area contributed by atoms with E-state index in [0.29, 0.717) is 6.04 Å². The monoisotopic (exact) mass is 224 g/mol. The fourth-order valence-corrected chi connectivity index (χ4v) is 3.22. The van der Waals surface area contributed by atoms with E-state index in [2.05, 4.69) is 17.6 Å². The summed E-state index contributed by atoms with van der Waals surface area (Å²) in [5, 5.41) is 7.37. The Morgan fingerprint density at radius 2 is 1.88 bits per heavy atom. The maximum Gasteiger partial charge on any atom is 0.00817 e. The zero-order valence-electron chi connectivity index (χ0n) is 10.8. The van der Waals surface area contributed by atoms with Gasteiger partial charge in [0.2, 0.25) is 0 Å². The average Bonchev–Trinajstić information content (AvgIpc) is 2.81. The Morgan fingerprint density at radius 1 is 1.12 bits per heavy atom. The molecule has 0 radical (unpaired) electrons. The third-order valence-electron chi connectivity index (χ3n) is 4.28. The minimum atomic E-state index is 0.691. The van der Waals surface area contributed by atoms with Crippen LogP contribution >= 0.6 is 0 Å². The molecule has 2 N–H and O–H groups in total. The van der Waals surface area contributed by atoms with Crippen molar-refractivity contribution in [1.82, 2.24) is 10.6 Å². The molecule has 2 nitrogen and oxygen atoms in total. The molecule has 0 aromatic rings. The fourth-order valence-electron chi connectivity index (χ4n) is 3.22. The van der Waals surface area contributed by atoms with Crippen molar-refractivity contribution in [2.75, 3.05) is 13.1 Å². The molecule has 1 heterocycles. The quantitative estimate of drug-likeness (QED) is 0.750. The van der Waals surface area contributed by atoms with Crippen molar-refractivity contribution in [3.05, 3.63) is 0 Å². The molecule has 1 saturated heterocycles. The molecule has 1 saturated carbocycles. The van der Waals surface area contributed by atoms with Gasteiger partial charge in [-0.15, -0.1) is 0 Å². The van der Waals surface area contributed by atoms with Crippen LogP contribution in [-0.4, -0.2) is 25.2 Å². The molecule has 1 aliphatic heterocycles. The van der Waals surface area contributed by atoms with E-state index in [4.69, 9.17) is 0 Å². The molecule has 1 aliphatic carbocycles. The lowest BCUT2D eigenvalue weighted by molar-refractivity contribution is 0.335. The Morgan fingerprint density at radius 3 is 2.56 bits per heavy atom. The summed E-state index contributed by atoms with van der Waals surface area (Å²) in [7, 11) is 0. The molecule has 2 rings (SSSR count). The second-order valence-corrected chi connectivity index (χ2v) is 5.84. The maximum atomic E-state index is 3.73. The van der Waals surface area contributed by atoms with Crippen molar-refractivity contribution in [2.24, 2.45) is 5.92 Å². The van der Waals surface area contributed by atoms with Crippen LogP contribution in [0.4, 0.5) is 0 Å². The predicted molar refractivity (Wildman–Crippen MR) is 69.7 cm³/mol. The van der Waals surface area contributed by atoms with Crippen molar-refractivity contribution < 1.29 is 0 Å². The summed E-state index contributed by atoms with van der Waals surface area (Å²) in [5.74, 6) is 0.974. The van der Waals surface area contributed by atoms with E-state index >= 15 is 0 Å². The van der Waals surface area contributed by atoms with Gasteiger partial charge >= 0.3 is 0 Å². The average molecular weight is 224 g/mol. The molecule has 0 aromatic carbocycles. The van der Waals surface area contributed by atoms with Gasteiger partial charge in [-0.3, -0.25) is 0 Å². The van der Waals surface area contributed by atoms with Gasteiger partial charge in [0.1, 0.15) is 0 Å². The van der Waals surface area contributed by atoms with Gasteiger partial charge in [0.15, 0.2) is 0 Å². The molecule has 16 heavy (non-hydrogen) atoms. The minimum absolute atomic E-state index is 0.691. The Hall–Kier alpha value is -0.0800. The van der Waals surface area contributed by atoms with Gasteiger partial charge < -0.3 is 10.6 Å². The molecule has 2 atom stereocenters. The smallest absolute Gasteiger partial charge is 0.00817 e. The van der Waals surface area contributed by atoms with Gasteiger partial charge in [0, 0.05) is 12.1 Å². The largest absolute Gasteiger partial charge is 0.314 e. The van der Waals surface area contributed by atoms with E-state index in [1.807, 2.05) is 0 Å². The molecule has 0 aromatic heterocycles. The van der Waals surface area contributed by atoms with Gasteiger partial charge in [-0.25, -0.2) is 0 Å². The van der Waals surface area contributed by atoms with Crippen molar-refractivity contribution >= 4 is 0 Å². The SMILES string of the molecule is CC(CC1CCCCN1)NCC1CCCC1. The minimum Gasteiger partial charge on any atom is -0.314 e. The second kappa shape index (κ2) is 6.61. The molecular formula is C14H28N2. The zero-order valence-corrected chi connectivity index (χ0v) is 10.8. The van der Waals surface area contributed by atoms with E-state index in [0.717, 1.165) is 12.0 Å². The molecule has 94 valence electrons. The summed E-state index contributed by atoms with van der Waals surface area (Å²) in [6.45, 7) is 4.85. The van der Waals surface area contributed by atoms with Crippen LogP contribution in [0.25, 0.3) is 0 Å². The van der Waals surface area contributed by atoms with E-state index < -0.39 is 0 Å². The molecule has 2 fully saturated rings. The van der Waals surface area contributed by atoms with Crippen LogP contribution in [0.1, 0.15) is 58.3 Å². The van der Waals surface area contributed by atoms with Crippen molar-refractivity contribution in [2.45, 2.75) is 70.4 Å². The van der Waals surface area contributed by atoms with Crippen LogP contribution in [0.5, 0.6) is 0 Å². The highest BCUT2D eigenvalue weighted by molar-refractivity contribution is 4.78. The number of nitrogens with one attached hydrogen (secondary N) is 2. The number of piperidine rings is 1. The lowest BCUT2D eigenvalue weighted by atomic mass is 9.98. The normalized spacial score (nSPS) is 29.4. The van der Waals surface area contributed by atoms with Crippen molar-refractivity contribution in [3.8, 4) is 0 Å².